The molecule has 2 aromatic rings. The molecule has 1 aromatic heterocycles. The first-order chi connectivity index (χ1) is 10.1. The molecule has 2 heterocycles. The number of hydrogen-bond acceptors (Lipinski definition) is 4. The third-order valence-corrected chi connectivity index (χ3v) is 4.76. The lowest BCUT2D eigenvalue weighted by Crippen LogP contribution is -2.17. The zero-order valence-electron chi connectivity index (χ0n) is 12.0. The summed E-state index contributed by atoms with van der Waals surface area (Å²) in [4.78, 5) is 1.18. The zero-order valence-corrected chi connectivity index (χ0v) is 14.4. The highest BCUT2D eigenvalue weighted by atomic mass is 79.9. The number of rotatable bonds is 4. The van der Waals surface area contributed by atoms with Crippen LogP contribution in [0.5, 0.6) is 11.5 Å². The quantitative estimate of drug-likeness (QED) is 0.775. The maximum absolute atomic E-state index is 6.14. The van der Waals surface area contributed by atoms with E-state index in [0.717, 1.165) is 21.5 Å². The van der Waals surface area contributed by atoms with Crippen molar-refractivity contribution in [2.75, 3.05) is 13.2 Å². The van der Waals surface area contributed by atoms with Crippen molar-refractivity contribution in [1.82, 2.24) is 0 Å². The lowest BCUT2D eigenvalue weighted by atomic mass is 10.1. The first-order valence-corrected chi connectivity index (χ1v) is 8.60. The van der Waals surface area contributed by atoms with Crippen molar-refractivity contribution in [3.05, 3.63) is 44.6 Å². The Balaban J connectivity index is 2.02. The average Bonchev–Trinajstić information content (AvgIpc) is 2.98. The van der Waals surface area contributed by atoms with Crippen molar-refractivity contribution >= 4 is 27.3 Å². The van der Waals surface area contributed by atoms with Gasteiger partial charge in [-0.05, 0) is 37.4 Å². The molecule has 21 heavy (non-hydrogen) atoms. The maximum atomic E-state index is 6.14. The Hall–Kier alpha value is -1.04. The van der Waals surface area contributed by atoms with Gasteiger partial charge in [0.25, 0.3) is 0 Å². The van der Waals surface area contributed by atoms with Crippen molar-refractivity contribution < 1.29 is 14.2 Å². The molecule has 1 aliphatic heterocycles. The van der Waals surface area contributed by atoms with E-state index < -0.39 is 0 Å². The van der Waals surface area contributed by atoms with Crippen molar-refractivity contribution in [2.45, 2.75) is 26.1 Å². The highest BCUT2D eigenvalue weighted by molar-refractivity contribution is 9.10. The smallest absolute Gasteiger partial charge is 0.162 e. The lowest BCUT2D eigenvalue weighted by molar-refractivity contribution is 0.0316. The molecule has 3 rings (SSSR count). The largest absolute Gasteiger partial charge is 0.486 e. The van der Waals surface area contributed by atoms with Crippen LogP contribution >= 0.6 is 27.3 Å². The van der Waals surface area contributed by atoms with Crippen LogP contribution in [0.1, 0.15) is 30.4 Å². The molecule has 0 radical (unpaired) electrons. The minimum atomic E-state index is -0.102. The van der Waals surface area contributed by atoms with Gasteiger partial charge in [-0.1, -0.05) is 22.0 Å². The predicted octanol–water partition coefficient (Wildman–Crippen LogP) is 4.80. The number of fused-ring (bicyclic) bond motifs is 1. The second kappa shape index (κ2) is 6.38. The molecule has 0 N–H and O–H groups in total. The Labute approximate surface area is 137 Å². The van der Waals surface area contributed by atoms with Crippen LogP contribution in [0.4, 0.5) is 0 Å². The summed E-state index contributed by atoms with van der Waals surface area (Å²) in [5.74, 6) is 1.57. The van der Waals surface area contributed by atoms with Gasteiger partial charge in [-0.15, -0.1) is 11.3 Å². The van der Waals surface area contributed by atoms with Crippen LogP contribution in [0, 0.1) is 0 Å². The number of ether oxygens (including phenoxy) is 3. The summed E-state index contributed by atoms with van der Waals surface area (Å²) in [6.45, 7) is 5.28. The van der Waals surface area contributed by atoms with Crippen LogP contribution in [-0.4, -0.2) is 19.3 Å². The highest BCUT2D eigenvalue weighted by Crippen LogP contribution is 2.41. The van der Waals surface area contributed by atoms with Crippen LogP contribution in [0.3, 0.4) is 0 Å². The van der Waals surface area contributed by atoms with Gasteiger partial charge in [0, 0.05) is 14.9 Å². The zero-order chi connectivity index (χ0) is 14.8. The fraction of sp³-hybridized carbons (Fsp3) is 0.375. The van der Waals surface area contributed by atoms with E-state index in [-0.39, 0.29) is 12.2 Å². The Kier molecular flexibility index (Phi) is 4.52. The molecular weight excluding hydrogens is 352 g/mol. The molecule has 1 aliphatic rings. The molecular formula is C16H17BrO3S. The summed E-state index contributed by atoms with van der Waals surface area (Å²) in [6.07, 6.45) is 0.0346. The van der Waals surface area contributed by atoms with Crippen molar-refractivity contribution in [2.24, 2.45) is 0 Å². The monoisotopic (exact) mass is 368 g/mol. The minimum absolute atomic E-state index is 0.102. The molecule has 0 aliphatic carbocycles. The molecule has 112 valence electrons. The van der Waals surface area contributed by atoms with Crippen LogP contribution in [-0.2, 0) is 4.74 Å². The van der Waals surface area contributed by atoms with E-state index >= 15 is 0 Å². The number of benzene rings is 1. The number of hydrogen-bond donors (Lipinski definition) is 0. The van der Waals surface area contributed by atoms with Gasteiger partial charge in [0.1, 0.15) is 19.3 Å². The fourth-order valence-corrected chi connectivity index (χ4v) is 3.59. The van der Waals surface area contributed by atoms with Crippen LogP contribution < -0.4 is 9.47 Å². The fourth-order valence-electron chi connectivity index (χ4n) is 2.29. The van der Waals surface area contributed by atoms with E-state index in [4.69, 9.17) is 14.2 Å². The van der Waals surface area contributed by atoms with Crippen LogP contribution in [0.2, 0.25) is 0 Å². The van der Waals surface area contributed by atoms with Gasteiger partial charge < -0.3 is 14.2 Å². The van der Waals surface area contributed by atoms with Gasteiger partial charge in [-0.3, -0.25) is 0 Å². The van der Waals surface area contributed by atoms with E-state index in [0.29, 0.717) is 13.2 Å². The number of halogens is 1. The summed E-state index contributed by atoms with van der Waals surface area (Å²) < 4.78 is 18.4. The predicted molar refractivity (Wildman–Crippen MR) is 87.5 cm³/mol. The second-order valence-corrected chi connectivity index (χ2v) is 6.93. The molecule has 0 spiro atoms. The van der Waals surface area contributed by atoms with Crippen molar-refractivity contribution in [1.29, 1.82) is 0 Å². The van der Waals surface area contributed by atoms with Gasteiger partial charge in [-0.2, -0.15) is 0 Å². The van der Waals surface area contributed by atoms with Gasteiger partial charge in [0.05, 0.1) is 6.10 Å². The number of thiophene rings is 1. The molecule has 5 heteroatoms. The van der Waals surface area contributed by atoms with Gasteiger partial charge in [0.15, 0.2) is 11.5 Å². The molecule has 0 saturated heterocycles. The van der Waals surface area contributed by atoms with E-state index in [9.17, 15) is 0 Å². The Morgan fingerprint density at radius 2 is 1.90 bits per heavy atom. The standard InChI is InChI=1S/C16H17BrO3S/c1-10(2)20-16(15-4-3-7-21-15)11-8-13-14(9-12(11)17)19-6-5-18-13/h3-4,7-10,16H,5-6H2,1-2H3. The van der Waals surface area contributed by atoms with E-state index in [1.54, 1.807) is 11.3 Å². The molecule has 1 aromatic carbocycles. The molecule has 0 amide bonds. The van der Waals surface area contributed by atoms with Gasteiger partial charge in [-0.25, -0.2) is 0 Å². The third-order valence-electron chi connectivity index (χ3n) is 3.15. The lowest BCUT2D eigenvalue weighted by Gasteiger charge is -2.24. The summed E-state index contributed by atoms with van der Waals surface area (Å²) in [5.41, 5.74) is 1.07. The average molecular weight is 369 g/mol. The summed E-state index contributed by atoms with van der Waals surface area (Å²) in [6, 6.07) is 8.13. The van der Waals surface area contributed by atoms with Gasteiger partial charge >= 0.3 is 0 Å². The highest BCUT2D eigenvalue weighted by Gasteiger charge is 2.23. The molecule has 3 nitrogen and oxygen atoms in total. The molecule has 0 fully saturated rings. The normalized spacial score (nSPS) is 15.2. The first-order valence-electron chi connectivity index (χ1n) is 6.93. The second-order valence-electron chi connectivity index (χ2n) is 5.10. The maximum Gasteiger partial charge on any atom is 0.162 e. The Morgan fingerprint density at radius 3 is 2.52 bits per heavy atom. The molecule has 1 unspecified atom stereocenters. The molecule has 0 saturated carbocycles. The van der Waals surface area contributed by atoms with E-state index in [1.807, 2.05) is 32.0 Å². The van der Waals surface area contributed by atoms with Crippen molar-refractivity contribution in [3.63, 3.8) is 0 Å². The SMILES string of the molecule is CC(C)OC(c1cccs1)c1cc2c(cc1Br)OCCO2. The minimum Gasteiger partial charge on any atom is -0.486 e. The van der Waals surface area contributed by atoms with E-state index in [2.05, 4.69) is 27.4 Å². The Morgan fingerprint density at radius 1 is 1.19 bits per heavy atom. The topological polar surface area (TPSA) is 27.7 Å². The first kappa shape index (κ1) is 14.9. The Bertz CT molecular complexity index is 610. The summed E-state index contributed by atoms with van der Waals surface area (Å²) in [5, 5.41) is 2.07. The molecule has 0 bridgehead atoms. The summed E-state index contributed by atoms with van der Waals surface area (Å²) in [7, 11) is 0. The van der Waals surface area contributed by atoms with E-state index in [1.165, 1.54) is 4.88 Å². The van der Waals surface area contributed by atoms with Crippen LogP contribution in [0.15, 0.2) is 34.1 Å². The third kappa shape index (κ3) is 3.25. The molecule has 1 atom stereocenters. The van der Waals surface area contributed by atoms with Crippen LogP contribution in [0.25, 0.3) is 0 Å². The summed E-state index contributed by atoms with van der Waals surface area (Å²) >= 11 is 5.34. The van der Waals surface area contributed by atoms with Crippen molar-refractivity contribution in [3.8, 4) is 11.5 Å². The van der Waals surface area contributed by atoms with Gasteiger partial charge in [0.2, 0.25) is 0 Å².